The van der Waals surface area contributed by atoms with Gasteiger partial charge < -0.3 is 5.73 Å². The highest BCUT2D eigenvalue weighted by Gasteiger charge is 2.67. The molecule has 1 aliphatic carbocycles. The van der Waals surface area contributed by atoms with Crippen molar-refractivity contribution in [1.82, 2.24) is 20.2 Å². The highest BCUT2D eigenvalue weighted by Crippen LogP contribution is 2.71. The monoisotopic (exact) mass is 293 g/mol. The van der Waals surface area contributed by atoms with Crippen molar-refractivity contribution in [3.63, 3.8) is 0 Å². The molecule has 0 bridgehead atoms. The Morgan fingerprint density at radius 2 is 1.67 bits per heavy atom. The number of tetrazole rings is 1. The Balaban J connectivity index is 2.12. The average molecular weight is 293 g/mol. The molecule has 0 radical (unpaired) electrons. The molecular formula is C14H17F2N5. The zero-order valence-electron chi connectivity index (χ0n) is 12.4. The number of hydrogen-bond donors (Lipinski definition) is 1. The molecule has 1 aromatic heterocycles. The summed E-state index contributed by atoms with van der Waals surface area (Å²) in [6.07, 6.45) is 0. The third kappa shape index (κ3) is 1.76. The van der Waals surface area contributed by atoms with Gasteiger partial charge in [-0.2, -0.15) is 0 Å². The number of halogens is 2. The summed E-state index contributed by atoms with van der Waals surface area (Å²) in [5, 5.41) is 11.6. The van der Waals surface area contributed by atoms with Crippen molar-refractivity contribution < 1.29 is 8.78 Å². The fourth-order valence-corrected chi connectivity index (χ4v) is 3.07. The van der Waals surface area contributed by atoms with Gasteiger partial charge in [0, 0.05) is 17.3 Å². The van der Waals surface area contributed by atoms with E-state index in [1.54, 1.807) is 4.68 Å². The van der Waals surface area contributed by atoms with Crippen molar-refractivity contribution in [3.05, 3.63) is 23.8 Å². The van der Waals surface area contributed by atoms with Crippen LogP contribution < -0.4 is 5.73 Å². The van der Waals surface area contributed by atoms with E-state index < -0.39 is 11.6 Å². The van der Waals surface area contributed by atoms with Gasteiger partial charge in [0.15, 0.2) is 17.5 Å². The molecule has 0 atom stereocenters. The summed E-state index contributed by atoms with van der Waals surface area (Å²) < 4.78 is 28.4. The van der Waals surface area contributed by atoms with Crippen LogP contribution in [0, 0.1) is 22.5 Å². The lowest BCUT2D eigenvalue weighted by Gasteiger charge is -2.09. The second kappa shape index (κ2) is 3.99. The molecule has 7 heteroatoms. The molecule has 5 nitrogen and oxygen atoms in total. The minimum absolute atomic E-state index is 0.00443. The molecule has 0 spiro atoms. The van der Waals surface area contributed by atoms with Crippen LogP contribution in [0.3, 0.4) is 0 Å². The van der Waals surface area contributed by atoms with E-state index in [9.17, 15) is 8.78 Å². The maximum absolute atomic E-state index is 13.5. The number of benzene rings is 1. The predicted octanol–water partition coefficient (Wildman–Crippen LogP) is 2.81. The number of nitrogens with two attached hydrogens (primary N) is 1. The Morgan fingerprint density at radius 1 is 1.10 bits per heavy atom. The number of hydrogen-bond acceptors (Lipinski definition) is 4. The quantitative estimate of drug-likeness (QED) is 0.864. The first-order chi connectivity index (χ1) is 9.68. The number of nitrogens with zero attached hydrogens (tertiary/aromatic N) is 4. The fraction of sp³-hybridized carbons (Fsp3) is 0.500. The summed E-state index contributed by atoms with van der Waals surface area (Å²) >= 11 is 0. The van der Waals surface area contributed by atoms with Crippen LogP contribution in [0.5, 0.6) is 0 Å². The van der Waals surface area contributed by atoms with Gasteiger partial charge in [0.05, 0.1) is 6.04 Å². The van der Waals surface area contributed by atoms with Crippen LogP contribution in [-0.4, -0.2) is 20.2 Å². The van der Waals surface area contributed by atoms with E-state index in [0.29, 0.717) is 11.4 Å². The van der Waals surface area contributed by atoms with Gasteiger partial charge in [-0.05, 0) is 27.3 Å². The summed E-state index contributed by atoms with van der Waals surface area (Å²) in [5.74, 6) is -1.60. The van der Waals surface area contributed by atoms with Gasteiger partial charge in [-0.15, -0.1) is 5.10 Å². The van der Waals surface area contributed by atoms with Gasteiger partial charge in [0.2, 0.25) is 0 Å². The molecule has 0 aliphatic heterocycles. The van der Waals surface area contributed by atoms with Crippen LogP contribution in [-0.2, 0) is 0 Å². The molecule has 1 fully saturated rings. The lowest BCUT2D eigenvalue weighted by molar-refractivity contribution is 0.457. The summed E-state index contributed by atoms with van der Waals surface area (Å²) in [4.78, 5) is 0. The van der Waals surface area contributed by atoms with E-state index in [0.717, 1.165) is 12.1 Å². The minimum atomic E-state index is -0.984. The third-order valence-corrected chi connectivity index (χ3v) is 5.02. The zero-order valence-corrected chi connectivity index (χ0v) is 12.4. The van der Waals surface area contributed by atoms with Crippen LogP contribution >= 0.6 is 0 Å². The molecular weight excluding hydrogens is 276 g/mol. The van der Waals surface area contributed by atoms with Gasteiger partial charge in [-0.25, -0.2) is 13.5 Å². The summed E-state index contributed by atoms with van der Waals surface area (Å²) in [6.45, 7) is 8.49. The Hall–Kier alpha value is -2.05. The lowest BCUT2D eigenvalue weighted by Crippen LogP contribution is -2.07. The molecule has 112 valence electrons. The Bertz CT molecular complexity index is 706. The smallest absolute Gasteiger partial charge is 0.184 e. The number of anilines is 1. The van der Waals surface area contributed by atoms with Gasteiger partial charge in [-0.3, -0.25) is 0 Å². The maximum atomic E-state index is 13.5. The highest BCUT2D eigenvalue weighted by molar-refractivity contribution is 5.71. The second-order valence-electron chi connectivity index (χ2n) is 6.65. The van der Waals surface area contributed by atoms with E-state index in [2.05, 4.69) is 43.2 Å². The van der Waals surface area contributed by atoms with Crippen LogP contribution in [0.25, 0.3) is 11.4 Å². The summed E-state index contributed by atoms with van der Waals surface area (Å²) in [5.41, 5.74) is 6.21. The molecule has 2 aromatic rings. The van der Waals surface area contributed by atoms with Crippen LogP contribution in [0.1, 0.15) is 33.7 Å². The molecule has 0 saturated heterocycles. The van der Waals surface area contributed by atoms with Gasteiger partial charge in [0.25, 0.3) is 0 Å². The Labute approximate surface area is 121 Å². The van der Waals surface area contributed by atoms with E-state index in [1.807, 2.05) is 0 Å². The zero-order chi connectivity index (χ0) is 15.6. The van der Waals surface area contributed by atoms with Crippen molar-refractivity contribution in [2.75, 3.05) is 5.73 Å². The molecule has 1 aliphatic rings. The molecule has 21 heavy (non-hydrogen) atoms. The molecule has 2 N–H and O–H groups in total. The van der Waals surface area contributed by atoms with E-state index in [4.69, 9.17) is 5.73 Å². The van der Waals surface area contributed by atoms with Gasteiger partial charge in [0.1, 0.15) is 0 Å². The van der Waals surface area contributed by atoms with Gasteiger partial charge in [-0.1, -0.05) is 27.7 Å². The molecule has 3 rings (SSSR count). The molecule has 1 saturated carbocycles. The first-order valence-electron chi connectivity index (χ1n) is 6.70. The van der Waals surface area contributed by atoms with Crippen molar-refractivity contribution in [1.29, 1.82) is 0 Å². The van der Waals surface area contributed by atoms with Gasteiger partial charge >= 0.3 is 0 Å². The Morgan fingerprint density at radius 3 is 2.24 bits per heavy atom. The van der Waals surface area contributed by atoms with Crippen LogP contribution in [0.15, 0.2) is 12.1 Å². The number of aromatic nitrogens is 4. The lowest BCUT2D eigenvalue weighted by atomic mass is 10.0. The molecule has 0 amide bonds. The normalized spacial score (nSPS) is 19.7. The minimum Gasteiger partial charge on any atom is -0.398 e. The van der Waals surface area contributed by atoms with E-state index in [-0.39, 0.29) is 22.6 Å². The number of nitrogen functional groups attached to an aromatic ring is 1. The molecule has 1 heterocycles. The van der Waals surface area contributed by atoms with E-state index in [1.165, 1.54) is 0 Å². The molecule has 1 aromatic carbocycles. The summed E-state index contributed by atoms with van der Waals surface area (Å²) in [6, 6.07) is 2.06. The van der Waals surface area contributed by atoms with Crippen LogP contribution in [0.4, 0.5) is 14.5 Å². The maximum Gasteiger partial charge on any atom is 0.184 e. The van der Waals surface area contributed by atoms with Crippen LogP contribution in [0.2, 0.25) is 0 Å². The first kappa shape index (κ1) is 13.9. The third-order valence-electron chi connectivity index (χ3n) is 5.02. The molecule has 0 unspecified atom stereocenters. The number of rotatable bonds is 2. The first-order valence-corrected chi connectivity index (χ1v) is 6.70. The van der Waals surface area contributed by atoms with Crippen molar-refractivity contribution in [2.24, 2.45) is 10.8 Å². The van der Waals surface area contributed by atoms with E-state index >= 15 is 0 Å². The summed E-state index contributed by atoms with van der Waals surface area (Å²) in [7, 11) is 0. The standard InChI is InChI=1S/C14H17F2N5/c1-13(2)12(14(13,3)4)21-11(18-19-20-21)7-5-8(15)9(16)6-10(7)17/h5-6,12H,17H2,1-4H3. The second-order valence-corrected chi connectivity index (χ2v) is 6.65. The highest BCUT2D eigenvalue weighted by atomic mass is 19.2. The average Bonchev–Trinajstić information content (AvgIpc) is 2.72. The topological polar surface area (TPSA) is 69.6 Å². The van der Waals surface area contributed by atoms with Crippen molar-refractivity contribution in [3.8, 4) is 11.4 Å². The fourth-order valence-electron chi connectivity index (χ4n) is 3.07. The van der Waals surface area contributed by atoms with Crippen molar-refractivity contribution in [2.45, 2.75) is 33.7 Å². The van der Waals surface area contributed by atoms with Crippen molar-refractivity contribution >= 4 is 5.69 Å². The largest absolute Gasteiger partial charge is 0.398 e. The predicted molar refractivity (Wildman–Crippen MR) is 74.2 cm³/mol. The Kier molecular flexibility index (Phi) is 2.64. The SMILES string of the molecule is CC1(C)C(n2nnnc2-c2cc(F)c(F)cc2N)C1(C)C.